The van der Waals surface area contributed by atoms with Crippen LogP contribution in [0.2, 0.25) is 0 Å². The van der Waals surface area contributed by atoms with Gasteiger partial charge in [0.05, 0.1) is 18.6 Å². The van der Waals surface area contributed by atoms with Gasteiger partial charge in [0.15, 0.2) is 0 Å². The van der Waals surface area contributed by atoms with Crippen molar-refractivity contribution in [3.63, 3.8) is 0 Å². The van der Waals surface area contributed by atoms with E-state index in [9.17, 15) is 15.0 Å². The third-order valence-corrected chi connectivity index (χ3v) is 7.43. The average Bonchev–Trinajstić information content (AvgIpc) is 3.58. The van der Waals surface area contributed by atoms with Gasteiger partial charge in [0.1, 0.15) is 6.61 Å². The van der Waals surface area contributed by atoms with Gasteiger partial charge < -0.3 is 19.5 Å². The van der Waals surface area contributed by atoms with E-state index in [-0.39, 0.29) is 17.9 Å². The summed E-state index contributed by atoms with van der Waals surface area (Å²) in [6, 6.07) is 16.1. The Morgan fingerprint density at radius 1 is 1.16 bits per heavy atom. The highest BCUT2D eigenvalue weighted by Gasteiger charge is 2.44. The van der Waals surface area contributed by atoms with E-state index in [2.05, 4.69) is 41.3 Å². The number of rotatable bonds is 10. The molecular weight excluding hydrogens is 482 g/mol. The van der Waals surface area contributed by atoms with Gasteiger partial charge in [-0.2, -0.15) is 4.98 Å². The Morgan fingerprint density at radius 3 is 2.53 bits per heavy atom. The summed E-state index contributed by atoms with van der Waals surface area (Å²) in [4.78, 5) is 17.8. The first-order valence-corrected chi connectivity index (χ1v) is 13.6. The highest BCUT2D eigenvalue weighted by molar-refractivity contribution is 5.70. The lowest BCUT2D eigenvalue weighted by molar-refractivity contribution is -0.143. The highest BCUT2D eigenvalue weighted by atomic mass is 16.5. The molecule has 2 fully saturated rings. The summed E-state index contributed by atoms with van der Waals surface area (Å²) in [7, 11) is 0. The minimum absolute atomic E-state index is 0.107. The summed E-state index contributed by atoms with van der Waals surface area (Å²) in [6.45, 7) is 8.69. The Morgan fingerprint density at radius 2 is 1.87 bits per heavy atom. The summed E-state index contributed by atoms with van der Waals surface area (Å²) >= 11 is 0. The van der Waals surface area contributed by atoms with E-state index in [1.54, 1.807) is 0 Å². The van der Waals surface area contributed by atoms with Crippen LogP contribution in [0.4, 0.5) is 0 Å². The molecule has 0 spiro atoms. The number of β-amino-alcohol motifs (C(OH)–C–C–N with tert-alkyl or cyclic N) is 1. The first-order valence-electron chi connectivity index (χ1n) is 13.6. The number of likely N-dealkylation sites (tertiary alicyclic amines) is 1. The number of aromatic nitrogens is 2. The first kappa shape index (κ1) is 28.0. The van der Waals surface area contributed by atoms with Gasteiger partial charge >= 0.3 is 5.97 Å². The number of piperidine rings is 1. The van der Waals surface area contributed by atoms with Crippen molar-refractivity contribution >= 4 is 5.97 Å². The molecular formula is C30H39N3O5. The Bertz CT molecular complexity index is 1170. The van der Waals surface area contributed by atoms with Crippen LogP contribution in [-0.4, -0.2) is 57.5 Å². The molecule has 1 saturated heterocycles. The lowest BCUT2D eigenvalue weighted by Crippen LogP contribution is -2.40. The van der Waals surface area contributed by atoms with Gasteiger partial charge in [-0.15, -0.1) is 0 Å². The number of carboxylic acids is 1. The predicted octanol–water partition coefficient (Wildman–Crippen LogP) is 5.15. The molecule has 1 aromatic heterocycles. The van der Waals surface area contributed by atoms with E-state index in [1.165, 1.54) is 11.1 Å². The second-order valence-corrected chi connectivity index (χ2v) is 10.2. The van der Waals surface area contributed by atoms with Crippen LogP contribution < -0.4 is 0 Å². The van der Waals surface area contributed by atoms with Crippen molar-refractivity contribution in [1.29, 1.82) is 0 Å². The normalized spacial score (nSPS) is 19.3. The second kappa shape index (κ2) is 12.7. The quantitative estimate of drug-likeness (QED) is 0.377. The maximum atomic E-state index is 11.3. The Balaban J connectivity index is 0.00000164. The molecule has 0 amide bonds. The van der Waals surface area contributed by atoms with Gasteiger partial charge in [-0.25, -0.2) is 0 Å². The maximum Gasteiger partial charge on any atom is 0.307 e. The van der Waals surface area contributed by atoms with Crippen LogP contribution in [0.3, 0.4) is 0 Å². The predicted molar refractivity (Wildman–Crippen MR) is 145 cm³/mol. The average molecular weight is 522 g/mol. The molecule has 1 aliphatic heterocycles. The molecule has 2 atom stereocenters. The van der Waals surface area contributed by atoms with Crippen molar-refractivity contribution in [2.75, 3.05) is 26.2 Å². The zero-order valence-electron chi connectivity index (χ0n) is 22.6. The fourth-order valence-electron chi connectivity index (χ4n) is 4.97. The Labute approximate surface area is 224 Å². The van der Waals surface area contributed by atoms with Crippen molar-refractivity contribution in [3.8, 4) is 11.4 Å². The van der Waals surface area contributed by atoms with Gasteiger partial charge in [-0.05, 0) is 50.3 Å². The third-order valence-electron chi connectivity index (χ3n) is 7.43. The lowest BCUT2D eigenvalue weighted by Gasteiger charge is -2.32. The molecule has 8 heteroatoms. The summed E-state index contributed by atoms with van der Waals surface area (Å²) in [6.07, 6.45) is 3.09. The molecule has 1 saturated carbocycles. The third kappa shape index (κ3) is 6.87. The number of carboxylic acid groups (broad SMARTS) is 1. The van der Waals surface area contributed by atoms with Gasteiger partial charge in [0, 0.05) is 24.1 Å². The summed E-state index contributed by atoms with van der Waals surface area (Å²) in [5.74, 6) is -0.203. The van der Waals surface area contributed by atoms with Crippen LogP contribution >= 0.6 is 0 Å². The molecule has 2 heterocycles. The Kier molecular flexibility index (Phi) is 9.31. The molecule has 2 aromatic carbocycles. The molecule has 0 bridgehead atoms. The molecule has 3 aromatic rings. The molecule has 2 aliphatic rings. The number of nitrogens with zero attached hydrogens (tertiary/aromatic N) is 3. The van der Waals surface area contributed by atoms with E-state index in [0.717, 1.165) is 36.9 Å². The fraction of sp³-hybridized carbons (Fsp3) is 0.500. The molecule has 38 heavy (non-hydrogen) atoms. The number of hydrogen-bond acceptors (Lipinski definition) is 7. The minimum atomic E-state index is -0.762. The maximum absolute atomic E-state index is 11.3. The van der Waals surface area contributed by atoms with E-state index in [1.807, 2.05) is 43.0 Å². The monoisotopic (exact) mass is 521 g/mol. The van der Waals surface area contributed by atoms with Crippen molar-refractivity contribution < 1.29 is 24.3 Å². The van der Waals surface area contributed by atoms with Crippen LogP contribution in [0, 0.1) is 12.8 Å². The molecule has 2 unspecified atom stereocenters. The van der Waals surface area contributed by atoms with Crippen LogP contribution in [0.25, 0.3) is 11.4 Å². The van der Waals surface area contributed by atoms with Gasteiger partial charge in [-0.3, -0.25) is 9.69 Å². The number of hydrogen-bond donors (Lipinski definition) is 2. The molecule has 204 valence electrons. The SMILES string of the molecule is CC.Cc1ccc(C2(COCc3nc(-c4ccc(C(O)CN5CCCC(C(=O)O)C5)cc4)no3)CC2)cc1. The smallest absolute Gasteiger partial charge is 0.307 e. The number of aliphatic hydroxyl groups is 1. The van der Waals surface area contributed by atoms with Crippen LogP contribution in [-0.2, 0) is 21.6 Å². The molecule has 2 N–H and O–H groups in total. The molecule has 0 radical (unpaired) electrons. The fourth-order valence-corrected chi connectivity index (χ4v) is 4.97. The van der Waals surface area contributed by atoms with Gasteiger partial charge in [0.25, 0.3) is 5.89 Å². The number of ether oxygens (including phenoxy) is 1. The number of aliphatic carboxylic acids is 1. The zero-order valence-corrected chi connectivity index (χ0v) is 22.6. The largest absolute Gasteiger partial charge is 0.481 e. The topological polar surface area (TPSA) is 109 Å². The number of carbonyl (C=O) groups is 1. The number of aryl methyl sites for hydroxylation is 1. The van der Waals surface area contributed by atoms with E-state index in [4.69, 9.17) is 9.26 Å². The summed E-state index contributed by atoms with van der Waals surface area (Å²) in [5, 5.41) is 24.0. The van der Waals surface area contributed by atoms with Crippen LogP contribution in [0.1, 0.15) is 68.2 Å². The highest BCUT2D eigenvalue weighted by Crippen LogP contribution is 2.48. The zero-order chi connectivity index (χ0) is 27.1. The Hall–Kier alpha value is -3.07. The van der Waals surface area contributed by atoms with Crippen molar-refractivity contribution in [2.24, 2.45) is 5.92 Å². The van der Waals surface area contributed by atoms with Crippen LogP contribution in [0.15, 0.2) is 53.1 Å². The second-order valence-electron chi connectivity index (χ2n) is 10.2. The minimum Gasteiger partial charge on any atom is -0.481 e. The van der Waals surface area contributed by atoms with Crippen molar-refractivity contribution in [2.45, 2.75) is 64.6 Å². The summed E-state index contributed by atoms with van der Waals surface area (Å²) < 4.78 is 11.3. The van der Waals surface area contributed by atoms with Crippen molar-refractivity contribution in [1.82, 2.24) is 15.0 Å². The first-order chi connectivity index (χ1) is 18.4. The standard InChI is InChI=1S/C28H33N3O5.C2H6/c1-19-4-10-23(11-5-19)28(12-13-28)18-35-17-25-29-26(30-36-25)21-8-6-20(7-9-21)24(32)16-31-14-2-3-22(15-31)27(33)34;1-2/h4-11,22,24,32H,2-3,12-18H2,1H3,(H,33,34);1-2H3. The van der Waals surface area contributed by atoms with Gasteiger partial charge in [0.2, 0.25) is 5.82 Å². The molecule has 1 aliphatic carbocycles. The molecule has 8 nitrogen and oxygen atoms in total. The van der Waals surface area contributed by atoms with Crippen LogP contribution in [0.5, 0.6) is 0 Å². The van der Waals surface area contributed by atoms with Gasteiger partial charge in [-0.1, -0.05) is 73.1 Å². The van der Waals surface area contributed by atoms with E-state index < -0.39 is 12.1 Å². The van der Waals surface area contributed by atoms with E-state index >= 15 is 0 Å². The molecule has 5 rings (SSSR count). The number of aliphatic hydroxyl groups excluding tert-OH is 1. The van der Waals surface area contributed by atoms with E-state index in [0.29, 0.717) is 37.8 Å². The number of benzene rings is 2. The summed E-state index contributed by atoms with van der Waals surface area (Å²) in [5.41, 5.74) is 4.25. The van der Waals surface area contributed by atoms with Crippen molar-refractivity contribution in [3.05, 3.63) is 71.1 Å². The lowest BCUT2D eigenvalue weighted by atomic mass is 9.96.